The second kappa shape index (κ2) is 8.73. The van der Waals surface area contributed by atoms with Gasteiger partial charge in [-0.25, -0.2) is 8.98 Å². The highest BCUT2D eigenvalue weighted by atomic mass is 32.3. The predicted molar refractivity (Wildman–Crippen MR) is 84.3 cm³/mol. The second-order valence-corrected chi connectivity index (χ2v) is 8.04. The Labute approximate surface area is 163 Å². The first-order valence-corrected chi connectivity index (χ1v) is 10.3. The smallest absolute Gasteiger partial charge is 0.397 e. The molecule has 0 spiro atoms. The first kappa shape index (κ1) is 23.8. The van der Waals surface area contributed by atoms with Crippen LogP contribution in [0, 0.1) is 0 Å². The topological polar surface area (TPSA) is 256 Å². The fraction of sp³-hybridized carbons (Fsp3) is 0.727. The van der Waals surface area contributed by atoms with Gasteiger partial charge in [0.1, 0.15) is 24.4 Å². The summed E-state index contributed by atoms with van der Waals surface area (Å²) in [5.41, 5.74) is 0. The number of hydrogen-bond acceptors (Lipinski definition) is 12. The molecule has 0 unspecified atom stereocenters. The van der Waals surface area contributed by atoms with Crippen LogP contribution >= 0.6 is 0 Å². The lowest BCUT2D eigenvalue weighted by Crippen LogP contribution is -2.62. The standard InChI is InChI=1S/C11H17NO15S2/c13-3-1-4(9(15)16)25-11(8(3)27-29(21,22)23)26-5-2-24-10(17)6(7(5)14)12-28(18,19)20/h1,3,5-8,10-14,17H,2H2,(H,15,16)(H,18,19,20)(H,21,22,23)/t3-,5-,6-,7+,8-,10+,11+/m1/s1. The van der Waals surface area contributed by atoms with Gasteiger partial charge in [-0.2, -0.15) is 21.6 Å². The molecule has 0 bridgehead atoms. The summed E-state index contributed by atoms with van der Waals surface area (Å²) in [4.78, 5) is 11.1. The number of hydrogen-bond donors (Lipinski definition) is 7. The molecule has 7 N–H and O–H groups in total. The molecule has 0 saturated carbocycles. The van der Waals surface area contributed by atoms with Crippen molar-refractivity contribution >= 4 is 26.7 Å². The van der Waals surface area contributed by atoms with Gasteiger partial charge in [0.15, 0.2) is 12.4 Å². The average molecular weight is 467 g/mol. The molecule has 0 aliphatic carbocycles. The third-order valence-electron chi connectivity index (χ3n) is 3.69. The fourth-order valence-corrected chi connectivity index (χ4v) is 3.58. The van der Waals surface area contributed by atoms with E-state index in [1.807, 2.05) is 0 Å². The minimum Gasteiger partial charge on any atom is -0.475 e. The Morgan fingerprint density at radius 1 is 1.17 bits per heavy atom. The van der Waals surface area contributed by atoms with Crippen molar-refractivity contribution in [2.24, 2.45) is 0 Å². The first-order chi connectivity index (χ1) is 13.2. The molecule has 29 heavy (non-hydrogen) atoms. The number of carboxylic acid groups (broad SMARTS) is 1. The highest BCUT2D eigenvalue weighted by Gasteiger charge is 2.47. The van der Waals surface area contributed by atoms with Crippen LogP contribution in [0.5, 0.6) is 0 Å². The Bertz CT molecular complexity index is 853. The van der Waals surface area contributed by atoms with Gasteiger partial charge in [0, 0.05) is 0 Å². The Kier molecular flexibility index (Phi) is 7.17. The van der Waals surface area contributed by atoms with Crippen LogP contribution in [0.3, 0.4) is 0 Å². The van der Waals surface area contributed by atoms with Gasteiger partial charge >= 0.3 is 26.7 Å². The molecule has 2 aliphatic heterocycles. The van der Waals surface area contributed by atoms with Gasteiger partial charge in [-0.15, -0.1) is 0 Å². The van der Waals surface area contributed by atoms with Gasteiger partial charge in [-0.1, -0.05) is 0 Å². The molecular weight excluding hydrogens is 450 g/mol. The summed E-state index contributed by atoms with van der Waals surface area (Å²) in [6.07, 6.45) is -11.0. The Balaban J connectivity index is 2.25. The van der Waals surface area contributed by atoms with E-state index in [0.717, 1.165) is 0 Å². The van der Waals surface area contributed by atoms with Crippen LogP contribution in [0.2, 0.25) is 0 Å². The van der Waals surface area contributed by atoms with Crippen molar-refractivity contribution < 1.29 is 69.6 Å². The average Bonchev–Trinajstić information content (AvgIpc) is 2.54. The van der Waals surface area contributed by atoms with Crippen molar-refractivity contribution in [3.63, 3.8) is 0 Å². The molecule has 18 heteroatoms. The quantitative estimate of drug-likeness (QED) is 0.175. The lowest BCUT2D eigenvalue weighted by atomic mass is 10.0. The molecule has 0 aromatic carbocycles. The number of carboxylic acids is 1. The lowest BCUT2D eigenvalue weighted by molar-refractivity contribution is -0.277. The zero-order valence-electron chi connectivity index (χ0n) is 14.0. The molecule has 0 amide bonds. The van der Waals surface area contributed by atoms with E-state index in [1.165, 1.54) is 4.72 Å². The van der Waals surface area contributed by atoms with Crippen molar-refractivity contribution in [2.45, 2.75) is 43.0 Å². The highest BCUT2D eigenvalue weighted by molar-refractivity contribution is 7.83. The van der Waals surface area contributed by atoms with E-state index in [9.17, 15) is 36.9 Å². The molecule has 0 radical (unpaired) electrons. The number of rotatable bonds is 7. The monoisotopic (exact) mass is 467 g/mol. The van der Waals surface area contributed by atoms with Gasteiger partial charge in [-0.3, -0.25) is 9.11 Å². The number of nitrogens with one attached hydrogen (secondary N) is 1. The summed E-state index contributed by atoms with van der Waals surface area (Å²) >= 11 is 0. The van der Waals surface area contributed by atoms with Gasteiger partial charge in [0.25, 0.3) is 0 Å². The summed E-state index contributed by atoms with van der Waals surface area (Å²) < 4.78 is 81.9. The third-order valence-corrected chi connectivity index (χ3v) is 4.73. The normalized spacial score (nSPS) is 36.2. The first-order valence-electron chi connectivity index (χ1n) is 7.51. The van der Waals surface area contributed by atoms with Crippen LogP contribution in [0.15, 0.2) is 11.8 Å². The van der Waals surface area contributed by atoms with Gasteiger partial charge < -0.3 is 34.6 Å². The SMILES string of the molecule is O=C(O)C1=C[C@@H](O)[C@@H](OS(=O)(=O)O)[C@H](O[C@@H]2CO[C@H](O)[C@H](NS(=O)(=O)O)[C@H]2O)O1. The second-order valence-electron chi connectivity index (χ2n) is 5.81. The molecular formula is C11H17NO15S2. The van der Waals surface area contributed by atoms with Crippen molar-refractivity contribution in [2.75, 3.05) is 6.61 Å². The molecule has 0 aromatic heterocycles. The maximum atomic E-state index is 11.1. The summed E-state index contributed by atoms with van der Waals surface area (Å²) in [6.45, 7) is -0.646. The van der Waals surface area contributed by atoms with E-state index in [0.29, 0.717) is 6.08 Å². The third kappa shape index (κ3) is 6.52. The molecule has 16 nitrogen and oxygen atoms in total. The molecule has 1 saturated heterocycles. The molecule has 1 fully saturated rings. The molecule has 7 atom stereocenters. The molecule has 2 aliphatic rings. The summed E-state index contributed by atoms with van der Waals surface area (Å²) in [6, 6.07) is -1.85. The number of aliphatic hydroxyl groups is 3. The van der Waals surface area contributed by atoms with E-state index in [4.69, 9.17) is 28.4 Å². The maximum absolute atomic E-state index is 11.1. The van der Waals surface area contributed by atoms with Crippen LogP contribution in [0.25, 0.3) is 0 Å². The number of ether oxygens (including phenoxy) is 3. The van der Waals surface area contributed by atoms with Crippen molar-refractivity contribution in [1.82, 2.24) is 4.72 Å². The number of aliphatic carboxylic acids is 1. The van der Waals surface area contributed by atoms with Crippen LogP contribution in [-0.4, -0.2) is 102 Å². The van der Waals surface area contributed by atoms with Gasteiger partial charge in [-0.05, 0) is 6.08 Å². The van der Waals surface area contributed by atoms with Crippen LogP contribution in [-0.2, 0) is 43.9 Å². The zero-order chi connectivity index (χ0) is 22.1. The largest absolute Gasteiger partial charge is 0.475 e. The number of aliphatic hydroxyl groups excluding tert-OH is 3. The minimum absolute atomic E-state index is 0.554. The molecule has 2 heterocycles. The minimum atomic E-state index is -5.18. The van der Waals surface area contributed by atoms with E-state index < -0.39 is 82.1 Å². The van der Waals surface area contributed by atoms with E-state index in [2.05, 4.69) is 4.18 Å². The maximum Gasteiger partial charge on any atom is 0.397 e. The lowest BCUT2D eigenvalue weighted by Gasteiger charge is -2.40. The van der Waals surface area contributed by atoms with Gasteiger partial charge in [0.05, 0.1) is 6.61 Å². The van der Waals surface area contributed by atoms with Crippen molar-refractivity contribution in [3.8, 4) is 0 Å². The molecule has 0 aromatic rings. The van der Waals surface area contributed by atoms with Crippen LogP contribution in [0.4, 0.5) is 0 Å². The fourth-order valence-electron chi connectivity index (χ4n) is 2.50. The van der Waals surface area contributed by atoms with Crippen LogP contribution in [0.1, 0.15) is 0 Å². The predicted octanol–water partition coefficient (Wildman–Crippen LogP) is -4.28. The molecule has 2 rings (SSSR count). The Morgan fingerprint density at radius 3 is 2.31 bits per heavy atom. The van der Waals surface area contributed by atoms with E-state index in [1.54, 1.807) is 0 Å². The van der Waals surface area contributed by atoms with E-state index >= 15 is 0 Å². The Morgan fingerprint density at radius 2 is 1.79 bits per heavy atom. The van der Waals surface area contributed by atoms with Gasteiger partial charge in [0.2, 0.25) is 12.0 Å². The zero-order valence-corrected chi connectivity index (χ0v) is 15.6. The van der Waals surface area contributed by atoms with Crippen molar-refractivity contribution in [1.29, 1.82) is 0 Å². The number of carbonyl (C=O) groups is 1. The summed E-state index contributed by atoms with van der Waals surface area (Å²) in [5.74, 6) is -2.58. The summed E-state index contributed by atoms with van der Waals surface area (Å²) in [5, 5.41) is 38.7. The summed E-state index contributed by atoms with van der Waals surface area (Å²) in [7, 11) is -10.1. The molecule has 168 valence electrons. The van der Waals surface area contributed by atoms with Crippen LogP contribution < -0.4 is 4.72 Å². The Hall–Kier alpha value is -1.45. The van der Waals surface area contributed by atoms with E-state index in [-0.39, 0.29) is 0 Å². The van der Waals surface area contributed by atoms with Crippen molar-refractivity contribution in [3.05, 3.63) is 11.8 Å². The highest BCUT2D eigenvalue weighted by Crippen LogP contribution is 2.27.